The van der Waals surface area contributed by atoms with E-state index in [1.54, 1.807) is 0 Å². The zero-order valence-electron chi connectivity index (χ0n) is 10.4. The van der Waals surface area contributed by atoms with Gasteiger partial charge >= 0.3 is 0 Å². The molecular formula is C12H24N2O2. The summed E-state index contributed by atoms with van der Waals surface area (Å²) >= 11 is 0. The summed E-state index contributed by atoms with van der Waals surface area (Å²) in [5.41, 5.74) is 0. The molecule has 1 aliphatic heterocycles. The minimum Gasteiger partial charge on any atom is -0.379 e. The highest BCUT2D eigenvalue weighted by Gasteiger charge is 2.18. The molecule has 94 valence electrons. The van der Waals surface area contributed by atoms with Gasteiger partial charge in [-0.25, -0.2) is 0 Å². The lowest BCUT2D eigenvalue weighted by molar-refractivity contribution is -0.109. The number of nitrogens with one attached hydrogen (secondary N) is 1. The van der Waals surface area contributed by atoms with Gasteiger partial charge in [-0.2, -0.15) is 0 Å². The Balaban J connectivity index is 2.06. The average molecular weight is 228 g/mol. The van der Waals surface area contributed by atoms with Gasteiger partial charge in [-0.15, -0.1) is 0 Å². The first-order chi connectivity index (χ1) is 7.72. The SMILES string of the molecule is CC(C)OCC1CCN(CCNC=O)CC1. The maximum absolute atomic E-state index is 10.1. The second kappa shape index (κ2) is 7.63. The lowest BCUT2D eigenvalue weighted by Gasteiger charge is -2.31. The van der Waals surface area contributed by atoms with Gasteiger partial charge in [-0.1, -0.05) is 0 Å². The highest BCUT2D eigenvalue weighted by Crippen LogP contribution is 2.17. The fraction of sp³-hybridized carbons (Fsp3) is 0.917. The van der Waals surface area contributed by atoms with E-state index in [1.165, 1.54) is 12.8 Å². The maximum atomic E-state index is 10.1. The molecule has 1 saturated heterocycles. The predicted molar refractivity (Wildman–Crippen MR) is 64.3 cm³/mol. The lowest BCUT2D eigenvalue weighted by Crippen LogP contribution is -2.39. The van der Waals surface area contributed by atoms with Crippen LogP contribution in [0.3, 0.4) is 0 Å². The molecule has 0 aliphatic carbocycles. The van der Waals surface area contributed by atoms with Crippen LogP contribution in [0.1, 0.15) is 26.7 Å². The van der Waals surface area contributed by atoms with Crippen LogP contribution in [0, 0.1) is 5.92 Å². The van der Waals surface area contributed by atoms with Crippen molar-refractivity contribution in [3.8, 4) is 0 Å². The van der Waals surface area contributed by atoms with Crippen molar-refractivity contribution >= 4 is 6.41 Å². The van der Waals surface area contributed by atoms with Crippen molar-refractivity contribution in [1.82, 2.24) is 10.2 Å². The largest absolute Gasteiger partial charge is 0.379 e. The van der Waals surface area contributed by atoms with E-state index in [1.807, 2.05) is 0 Å². The molecule has 1 fully saturated rings. The van der Waals surface area contributed by atoms with Gasteiger partial charge in [0, 0.05) is 19.7 Å². The normalized spacial score (nSPS) is 18.9. The van der Waals surface area contributed by atoms with Crippen molar-refractivity contribution in [2.45, 2.75) is 32.8 Å². The number of likely N-dealkylation sites (tertiary alicyclic amines) is 1. The first-order valence-electron chi connectivity index (χ1n) is 6.23. The summed E-state index contributed by atoms with van der Waals surface area (Å²) in [5, 5.41) is 2.70. The van der Waals surface area contributed by atoms with E-state index in [0.29, 0.717) is 6.10 Å². The zero-order valence-corrected chi connectivity index (χ0v) is 10.4. The molecule has 1 rings (SSSR count). The molecule has 1 N–H and O–H groups in total. The fourth-order valence-corrected chi connectivity index (χ4v) is 1.99. The molecule has 0 radical (unpaired) electrons. The van der Waals surface area contributed by atoms with Crippen LogP contribution in [-0.4, -0.2) is 50.2 Å². The molecule has 0 saturated carbocycles. The molecule has 0 bridgehead atoms. The van der Waals surface area contributed by atoms with Gasteiger partial charge in [0.1, 0.15) is 0 Å². The van der Waals surface area contributed by atoms with Crippen molar-refractivity contribution in [3.05, 3.63) is 0 Å². The monoisotopic (exact) mass is 228 g/mol. The van der Waals surface area contributed by atoms with Crippen LogP contribution in [0.5, 0.6) is 0 Å². The predicted octanol–water partition coefficient (Wildman–Crippen LogP) is 0.869. The van der Waals surface area contributed by atoms with E-state index < -0.39 is 0 Å². The second-order valence-electron chi connectivity index (χ2n) is 4.74. The number of ether oxygens (including phenoxy) is 1. The summed E-state index contributed by atoms with van der Waals surface area (Å²) in [7, 11) is 0. The quantitative estimate of drug-likeness (QED) is 0.519. The van der Waals surface area contributed by atoms with Gasteiger partial charge in [-0.05, 0) is 45.7 Å². The first-order valence-corrected chi connectivity index (χ1v) is 6.23. The number of hydrogen-bond acceptors (Lipinski definition) is 3. The van der Waals surface area contributed by atoms with Gasteiger partial charge in [0.15, 0.2) is 0 Å². The fourth-order valence-electron chi connectivity index (χ4n) is 1.99. The average Bonchev–Trinajstić information content (AvgIpc) is 2.28. The maximum Gasteiger partial charge on any atom is 0.207 e. The van der Waals surface area contributed by atoms with Crippen LogP contribution in [0.2, 0.25) is 0 Å². The Morgan fingerprint density at radius 3 is 2.69 bits per heavy atom. The van der Waals surface area contributed by atoms with Gasteiger partial charge in [0.2, 0.25) is 6.41 Å². The van der Waals surface area contributed by atoms with Crippen LogP contribution >= 0.6 is 0 Å². The Labute approximate surface area is 98.3 Å². The molecule has 1 amide bonds. The number of piperidine rings is 1. The highest BCUT2D eigenvalue weighted by molar-refractivity contribution is 5.45. The third-order valence-corrected chi connectivity index (χ3v) is 3.03. The van der Waals surface area contributed by atoms with Crippen molar-refractivity contribution in [2.24, 2.45) is 5.92 Å². The van der Waals surface area contributed by atoms with Crippen LogP contribution in [0.25, 0.3) is 0 Å². The van der Waals surface area contributed by atoms with Crippen LogP contribution in [-0.2, 0) is 9.53 Å². The number of nitrogens with zero attached hydrogens (tertiary/aromatic N) is 1. The second-order valence-corrected chi connectivity index (χ2v) is 4.74. The first kappa shape index (κ1) is 13.5. The molecule has 4 heteroatoms. The van der Waals surface area contributed by atoms with Gasteiger partial charge in [0.05, 0.1) is 6.10 Å². The molecule has 0 aromatic carbocycles. The number of hydrogen-bond donors (Lipinski definition) is 1. The van der Waals surface area contributed by atoms with E-state index in [4.69, 9.17) is 4.74 Å². The molecule has 0 aromatic rings. The van der Waals surface area contributed by atoms with Crippen LogP contribution in [0.4, 0.5) is 0 Å². The standard InChI is InChI=1S/C12H24N2O2/c1-11(2)16-9-12-3-6-14(7-4-12)8-5-13-10-15/h10-12H,3-9H2,1-2H3,(H,13,15). The highest BCUT2D eigenvalue weighted by atomic mass is 16.5. The van der Waals surface area contributed by atoms with Gasteiger partial charge in [0.25, 0.3) is 0 Å². The Bertz CT molecular complexity index is 189. The Morgan fingerprint density at radius 1 is 1.44 bits per heavy atom. The third-order valence-electron chi connectivity index (χ3n) is 3.03. The van der Waals surface area contributed by atoms with Crippen molar-refractivity contribution in [1.29, 1.82) is 0 Å². The molecule has 0 atom stereocenters. The number of amides is 1. The summed E-state index contributed by atoms with van der Waals surface area (Å²) in [6.07, 6.45) is 3.54. The molecule has 0 aromatic heterocycles. The molecule has 16 heavy (non-hydrogen) atoms. The van der Waals surface area contributed by atoms with Crippen LogP contribution < -0.4 is 5.32 Å². The summed E-state index contributed by atoms with van der Waals surface area (Å²) in [6.45, 7) is 9.06. The minimum absolute atomic E-state index is 0.342. The molecule has 1 aliphatic rings. The molecule has 0 unspecified atom stereocenters. The zero-order chi connectivity index (χ0) is 11.8. The smallest absolute Gasteiger partial charge is 0.207 e. The number of carbonyl (C=O) groups is 1. The van der Waals surface area contributed by atoms with E-state index in [0.717, 1.165) is 45.1 Å². The van der Waals surface area contributed by atoms with E-state index >= 15 is 0 Å². The lowest BCUT2D eigenvalue weighted by atomic mass is 9.98. The molecule has 1 heterocycles. The van der Waals surface area contributed by atoms with Gasteiger partial charge < -0.3 is 15.0 Å². The van der Waals surface area contributed by atoms with E-state index in [-0.39, 0.29) is 0 Å². The molecule has 4 nitrogen and oxygen atoms in total. The molecular weight excluding hydrogens is 204 g/mol. The Morgan fingerprint density at radius 2 is 2.12 bits per heavy atom. The van der Waals surface area contributed by atoms with Crippen molar-refractivity contribution in [3.63, 3.8) is 0 Å². The summed E-state index contributed by atoms with van der Waals surface area (Å²) < 4.78 is 5.64. The third kappa shape index (κ3) is 5.47. The van der Waals surface area contributed by atoms with Crippen LogP contribution in [0.15, 0.2) is 0 Å². The number of rotatable bonds is 7. The molecule has 0 spiro atoms. The summed E-state index contributed by atoms with van der Waals surface area (Å²) in [5.74, 6) is 0.720. The van der Waals surface area contributed by atoms with Crippen molar-refractivity contribution < 1.29 is 9.53 Å². The summed E-state index contributed by atoms with van der Waals surface area (Å²) in [4.78, 5) is 12.5. The summed E-state index contributed by atoms with van der Waals surface area (Å²) in [6, 6.07) is 0. The minimum atomic E-state index is 0.342. The Hall–Kier alpha value is -0.610. The number of carbonyl (C=O) groups excluding carboxylic acids is 1. The van der Waals surface area contributed by atoms with E-state index in [9.17, 15) is 4.79 Å². The van der Waals surface area contributed by atoms with E-state index in [2.05, 4.69) is 24.1 Å². The topological polar surface area (TPSA) is 41.6 Å². The van der Waals surface area contributed by atoms with Crippen molar-refractivity contribution in [2.75, 3.05) is 32.8 Å². The van der Waals surface area contributed by atoms with Gasteiger partial charge in [-0.3, -0.25) is 4.79 Å². The Kier molecular flexibility index (Phi) is 6.42.